The first-order valence-electron chi connectivity index (χ1n) is 6.14. The average molecular weight is 285 g/mol. The maximum Gasteiger partial charge on any atom is 0.194 e. The third-order valence-electron chi connectivity index (χ3n) is 3.18. The van der Waals surface area contributed by atoms with Crippen molar-refractivity contribution in [3.05, 3.63) is 82.6 Å². The van der Waals surface area contributed by atoms with Gasteiger partial charge >= 0.3 is 0 Å². The van der Waals surface area contributed by atoms with E-state index in [-0.39, 0.29) is 16.4 Å². The van der Waals surface area contributed by atoms with Crippen molar-refractivity contribution in [3.8, 4) is 0 Å². The summed E-state index contributed by atoms with van der Waals surface area (Å²) in [5, 5.41) is 2.27. The molecule has 0 fully saturated rings. The van der Waals surface area contributed by atoms with E-state index in [0.29, 0.717) is 5.56 Å². The largest absolute Gasteiger partial charge is 0.289 e. The Balaban J connectivity index is 2.10. The predicted molar refractivity (Wildman–Crippen MR) is 78.8 cm³/mol. The number of rotatable bonds is 2. The van der Waals surface area contributed by atoms with E-state index in [9.17, 15) is 9.18 Å². The summed E-state index contributed by atoms with van der Waals surface area (Å²) < 4.78 is 13.3. The van der Waals surface area contributed by atoms with Gasteiger partial charge in [-0.2, -0.15) is 0 Å². The molecule has 3 heteroatoms. The van der Waals surface area contributed by atoms with Crippen LogP contribution in [-0.2, 0) is 0 Å². The van der Waals surface area contributed by atoms with Gasteiger partial charge in [-0.05, 0) is 35.0 Å². The number of hydrogen-bond donors (Lipinski definition) is 0. The molecule has 0 aliphatic rings. The van der Waals surface area contributed by atoms with Gasteiger partial charge in [0.25, 0.3) is 0 Å². The molecule has 3 aromatic rings. The zero-order valence-electron chi connectivity index (χ0n) is 10.4. The molecule has 20 heavy (non-hydrogen) atoms. The average Bonchev–Trinajstić information content (AvgIpc) is 2.48. The molecule has 0 amide bonds. The summed E-state index contributed by atoms with van der Waals surface area (Å²) in [5.74, 6) is -0.751. The Morgan fingerprint density at radius 1 is 0.900 bits per heavy atom. The summed E-state index contributed by atoms with van der Waals surface area (Å²) >= 11 is 5.97. The Morgan fingerprint density at radius 3 is 2.45 bits per heavy atom. The molecular weight excluding hydrogens is 275 g/mol. The van der Waals surface area contributed by atoms with Crippen LogP contribution < -0.4 is 0 Å². The van der Waals surface area contributed by atoms with Gasteiger partial charge in [0.2, 0.25) is 0 Å². The second-order valence-corrected chi connectivity index (χ2v) is 4.92. The van der Waals surface area contributed by atoms with Crippen molar-refractivity contribution >= 4 is 28.2 Å². The van der Waals surface area contributed by atoms with Crippen LogP contribution in [0.3, 0.4) is 0 Å². The summed E-state index contributed by atoms with van der Waals surface area (Å²) in [6.45, 7) is 0. The minimum atomic E-state index is -0.474. The third-order valence-corrected chi connectivity index (χ3v) is 3.51. The van der Waals surface area contributed by atoms with Crippen LogP contribution in [0.5, 0.6) is 0 Å². The van der Waals surface area contributed by atoms with E-state index < -0.39 is 5.82 Å². The summed E-state index contributed by atoms with van der Waals surface area (Å²) in [6.07, 6.45) is 0. The third kappa shape index (κ3) is 2.30. The van der Waals surface area contributed by atoms with Gasteiger partial charge in [0.05, 0.1) is 5.02 Å². The molecular formula is C17H10ClFO. The SMILES string of the molecule is O=C(c1ccc2ccccc2c1)c1cc(F)ccc1Cl. The molecule has 0 aromatic heterocycles. The number of fused-ring (bicyclic) bond motifs is 1. The standard InChI is InChI=1S/C17H10ClFO/c18-16-8-7-14(19)10-15(16)17(20)13-6-5-11-3-1-2-4-12(11)9-13/h1-10H. The van der Waals surface area contributed by atoms with Crippen LogP contribution in [0.1, 0.15) is 15.9 Å². The molecule has 0 atom stereocenters. The number of benzene rings is 3. The molecule has 0 spiro atoms. The van der Waals surface area contributed by atoms with E-state index in [1.54, 1.807) is 12.1 Å². The van der Waals surface area contributed by atoms with Crippen LogP contribution in [0.2, 0.25) is 5.02 Å². The summed E-state index contributed by atoms with van der Waals surface area (Å²) in [4.78, 5) is 12.4. The number of ketones is 1. The van der Waals surface area contributed by atoms with Crippen molar-refractivity contribution in [1.29, 1.82) is 0 Å². The molecule has 3 aromatic carbocycles. The first-order chi connectivity index (χ1) is 9.65. The van der Waals surface area contributed by atoms with Gasteiger partial charge in [-0.15, -0.1) is 0 Å². The maximum atomic E-state index is 13.3. The van der Waals surface area contributed by atoms with E-state index in [1.165, 1.54) is 18.2 Å². The number of halogens is 2. The smallest absolute Gasteiger partial charge is 0.194 e. The predicted octanol–water partition coefficient (Wildman–Crippen LogP) is 4.86. The van der Waals surface area contributed by atoms with Gasteiger partial charge < -0.3 is 0 Å². The van der Waals surface area contributed by atoms with Crippen molar-refractivity contribution in [3.63, 3.8) is 0 Å². The molecule has 0 unspecified atom stereocenters. The van der Waals surface area contributed by atoms with Gasteiger partial charge in [0.1, 0.15) is 5.82 Å². The lowest BCUT2D eigenvalue weighted by Crippen LogP contribution is -2.02. The minimum Gasteiger partial charge on any atom is -0.289 e. The highest BCUT2D eigenvalue weighted by atomic mass is 35.5. The summed E-state index contributed by atoms with van der Waals surface area (Å²) in [7, 11) is 0. The van der Waals surface area contributed by atoms with E-state index in [2.05, 4.69) is 0 Å². The molecule has 0 heterocycles. The fraction of sp³-hybridized carbons (Fsp3) is 0. The lowest BCUT2D eigenvalue weighted by molar-refractivity contribution is 0.103. The van der Waals surface area contributed by atoms with Crippen LogP contribution >= 0.6 is 11.6 Å². The van der Waals surface area contributed by atoms with Gasteiger partial charge in [0, 0.05) is 11.1 Å². The molecule has 0 saturated carbocycles. The Labute approximate surface area is 120 Å². The van der Waals surface area contributed by atoms with Crippen LogP contribution in [-0.4, -0.2) is 5.78 Å². The van der Waals surface area contributed by atoms with E-state index in [1.807, 2.05) is 30.3 Å². The lowest BCUT2D eigenvalue weighted by Gasteiger charge is -2.05. The molecule has 0 radical (unpaired) electrons. The van der Waals surface area contributed by atoms with Crippen molar-refractivity contribution in [1.82, 2.24) is 0 Å². The second kappa shape index (κ2) is 5.06. The topological polar surface area (TPSA) is 17.1 Å². The van der Waals surface area contributed by atoms with Crippen LogP contribution in [0.15, 0.2) is 60.7 Å². The van der Waals surface area contributed by atoms with Gasteiger partial charge in [-0.25, -0.2) is 4.39 Å². The Kier molecular flexibility index (Phi) is 3.25. The molecule has 0 N–H and O–H groups in total. The summed E-state index contributed by atoms with van der Waals surface area (Å²) in [5.41, 5.74) is 0.679. The molecule has 3 rings (SSSR count). The first kappa shape index (κ1) is 12.8. The summed E-state index contributed by atoms with van der Waals surface area (Å²) in [6, 6.07) is 16.9. The Morgan fingerprint density at radius 2 is 1.65 bits per heavy atom. The Bertz CT molecular complexity index is 811. The van der Waals surface area contributed by atoms with Crippen LogP contribution in [0, 0.1) is 5.82 Å². The Hall–Kier alpha value is -2.19. The normalized spacial score (nSPS) is 10.7. The highest BCUT2D eigenvalue weighted by Gasteiger charge is 2.14. The fourth-order valence-electron chi connectivity index (χ4n) is 2.16. The van der Waals surface area contributed by atoms with E-state index in [0.717, 1.165) is 10.8 Å². The van der Waals surface area contributed by atoms with Gasteiger partial charge in [0.15, 0.2) is 5.78 Å². The molecule has 1 nitrogen and oxygen atoms in total. The van der Waals surface area contributed by atoms with Crippen molar-refractivity contribution in [2.75, 3.05) is 0 Å². The molecule has 0 aliphatic heterocycles. The maximum absolute atomic E-state index is 13.3. The zero-order valence-corrected chi connectivity index (χ0v) is 11.2. The lowest BCUT2D eigenvalue weighted by atomic mass is 10.00. The number of carbonyl (C=O) groups excluding carboxylic acids is 1. The van der Waals surface area contributed by atoms with Crippen molar-refractivity contribution in [2.45, 2.75) is 0 Å². The van der Waals surface area contributed by atoms with Gasteiger partial charge in [-0.1, -0.05) is 48.0 Å². The highest BCUT2D eigenvalue weighted by molar-refractivity contribution is 6.35. The van der Waals surface area contributed by atoms with Crippen molar-refractivity contribution < 1.29 is 9.18 Å². The first-order valence-corrected chi connectivity index (χ1v) is 6.51. The van der Waals surface area contributed by atoms with Gasteiger partial charge in [-0.3, -0.25) is 4.79 Å². The molecule has 0 aliphatic carbocycles. The molecule has 0 bridgehead atoms. The van der Waals surface area contributed by atoms with E-state index in [4.69, 9.17) is 11.6 Å². The quantitative estimate of drug-likeness (QED) is 0.614. The highest BCUT2D eigenvalue weighted by Crippen LogP contribution is 2.23. The molecule has 98 valence electrons. The molecule has 0 saturated heterocycles. The zero-order chi connectivity index (χ0) is 14.1. The van der Waals surface area contributed by atoms with Crippen LogP contribution in [0.4, 0.5) is 4.39 Å². The second-order valence-electron chi connectivity index (χ2n) is 4.52. The van der Waals surface area contributed by atoms with Crippen molar-refractivity contribution in [2.24, 2.45) is 0 Å². The van der Waals surface area contributed by atoms with E-state index >= 15 is 0 Å². The minimum absolute atomic E-state index is 0.182. The monoisotopic (exact) mass is 284 g/mol. The van der Waals surface area contributed by atoms with Crippen LogP contribution in [0.25, 0.3) is 10.8 Å². The number of carbonyl (C=O) groups is 1. The fourth-order valence-corrected chi connectivity index (χ4v) is 2.36. The number of hydrogen-bond acceptors (Lipinski definition) is 1.